The molecule has 2 aromatic carbocycles. The Labute approximate surface area is 132 Å². The second kappa shape index (κ2) is 7.04. The summed E-state index contributed by atoms with van der Waals surface area (Å²) in [5.41, 5.74) is 6.64. The van der Waals surface area contributed by atoms with Gasteiger partial charge in [0.15, 0.2) is 0 Å². The van der Waals surface area contributed by atoms with Gasteiger partial charge in [0, 0.05) is 12.0 Å². The number of carbonyl (C=O) groups is 2. The Hall–Kier alpha value is -2.40. The first-order chi connectivity index (χ1) is 10.5. The highest BCUT2D eigenvalue weighted by Crippen LogP contribution is 2.23. The second-order valence-electron chi connectivity index (χ2n) is 4.73. The van der Waals surface area contributed by atoms with Crippen LogP contribution < -0.4 is 11.1 Å². The lowest BCUT2D eigenvalue weighted by molar-refractivity contribution is -0.116. The molecule has 0 atom stereocenters. The molecule has 22 heavy (non-hydrogen) atoms. The fraction of sp³-hybridized carbons (Fsp3) is 0.125. The molecule has 0 spiro atoms. The number of primary amides is 1. The summed E-state index contributed by atoms with van der Waals surface area (Å²) in [6.45, 7) is 0. The predicted molar refractivity (Wildman–Crippen MR) is 83.3 cm³/mol. The Morgan fingerprint density at radius 1 is 1.14 bits per heavy atom. The number of rotatable bonds is 5. The molecule has 0 aromatic heterocycles. The largest absolute Gasteiger partial charge is 0.366 e. The first-order valence-electron chi connectivity index (χ1n) is 6.59. The average Bonchev–Trinajstić information content (AvgIpc) is 2.48. The van der Waals surface area contributed by atoms with Gasteiger partial charge in [0.2, 0.25) is 11.8 Å². The molecule has 0 aliphatic heterocycles. The van der Waals surface area contributed by atoms with Crippen molar-refractivity contribution in [1.29, 1.82) is 0 Å². The second-order valence-corrected chi connectivity index (χ2v) is 5.14. The van der Waals surface area contributed by atoms with Crippen LogP contribution in [0.1, 0.15) is 22.3 Å². The van der Waals surface area contributed by atoms with Gasteiger partial charge >= 0.3 is 0 Å². The minimum absolute atomic E-state index is 0.211. The summed E-state index contributed by atoms with van der Waals surface area (Å²) in [5, 5.41) is 2.95. The van der Waals surface area contributed by atoms with Crippen molar-refractivity contribution < 1.29 is 14.0 Å². The molecule has 0 saturated carbocycles. The van der Waals surface area contributed by atoms with Gasteiger partial charge in [-0.1, -0.05) is 23.7 Å². The van der Waals surface area contributed by atoms with Crippen molar-refractivity contribution in [3.63, 3.8) is 0 Å². The molecule has 0 fully saturated rings. The van der Waals surface area contributed by atoms with Crippen LogP contribution in [0.4, 0.5) is 10.1 Å². The quantitative estimate of drug-likeness (QED) is 0.888. The molecule has 0 radical (unpaired) electrons. The third-order valence-electron chi connectivity index (χ3n) is 3.08. The molecule has 0 heterocycles. The molecule has 4 nitrogen and oxygen atoms in total. The Bertz CT molecular complexity index is 702. The van der Waals surface area contributed by atoms with E-state index < -0.39 is 5.91 Å². The van der Waals surface area contributed by atoms with Crippen LogP contribution in [-0.4, -0.2) is 11.8 Å². The number of carbonyl (C=O) groups excluding carboxylic acids is 2. The zero-order valence-electron chi connectivity index (χ0n) is 11.6. The normalized spacial score (nSPS) is 10.3. The van der Waals surface area contributed by atoms with Gasteiger partial charge in [0.1, 0.15) is 5.82 Å². The van der Waals surface area contributed by atoms with Gasteiger partial charge in [0.05, 0.1) is 10.7 Å². The zero-order valence-corrected chi connectivity index (χ0v) is 12.4. The van der Waals surface area contributed by atoms with Crippen molar-refractivity contribution in [3.05, 3.63) is 64.4 Å². The number of anilines is 1. The van der Waals surface area contributed by atoms with Crippen LogP contribution in [0, 0.1) is 5.82 Å². The van der Waals surface area contributed by atoms with Gasteiger partial charge in [-0.05, 0) is 42.3 Å². The fourth-order valence-electron chi connectivity index (χ4n) is 1.90. The highest BCUT2D eigenvalue weighted by atomic mass is 35.5. The number of hydrogen-bond acceptors (Lipinski definition) is 2. The van der Waals surface area contributed by atoms with E-state index in [9.17, 15) is 14.0 Å². The number of halogens is 2. The van der Waals surface area contributed by atoms with Crippen molar-refractivity contribution in [2.24, 2.45) is 5.73 Å². The standard InChI is InChI=1S/C16H14ClFN2O2/c17-13-7-4-11(16(19)22)9-14(13)20-15(21)8-3-10-1-5-12(18)6-2-10/h1-2,4-7,9H,3,8H2,(H2,19,22)(H,20,21). The lowest BCUT2D eigenvalue weighted by Crippen LogP contribution is -2.15. The van der Waals surface area contributed by atoms with E-state index in [1.165, 1.54) is 30.3 Å². The lowest BCUT2D eigenvalue weighted by atomic mass is 10.1. The van der Waals surface area contributed by atoms with Crippen molar-refractivity contribution in [3.8, 4) is 0 Å². The molecular formula is C16H14ClFN2O2. The molecule has 0 aliphatic carbocycles. The van der Waals surface area contributed by atoms with Gasteiger partial charge < -0.3 is 11.1 Å². The van der Waals surface area contributed by atoms with Crippen LogP contribution in [-0.2, 0) is 11.2 Å². The van der Waals surface area contributed by atoms with Crippen molar-refractivity contribution >= 4 is 29.1 Å². The Morgan fingerprint density at radius 2 is 1.82 bits per heavy atom. The summed E-state index contributed by atoms with van der Waals surface area (Å²) in [5.74, 6) is -1.17. The molecule has 0 unspecified atom stereocenters. The van der Waals surface area contributed by atoms with E-state index in [1.807, 2.05) is 0 Å². The van der Waals surface area contributed by atoms with E-state index in [2.05, 4.69) is 5.32 Å². The van der Waals surface area contributed by atoms with Gasteiger partial charge in [-0.2, -0.15) is 0 Å². The monoisotopic (exact) mass is 320 g/mol. The summed E-state index contributed by atoms with van der Waals surface area (Å²) in [7, 11) is 0. The summed E-state index contributed by atoms with van der Waals surface area (Å²) in [6.07, 6.45) is 0.683. The van der Waals surface area contributed by atoms with Crippen molar-refractivity contribution in [2.75, 3.05) is 5.32 Å². The van der Waals surface area contributed by atoms with Crippen molar-refractivity contribution in [1.82, 2.24) is 0 Å². The van der Waals surface area contributed by atoms with Crippen LogP contribution in [0.2, 0.25) is 5.02 Å². The fourth-order valence-corrected chi connectivity index (χ4v) is 2.06. The summed E-state index contributed by atoms with van der Waals surface area (Å²) in [6, 6.07) is 10.4. The summed E-state index contributed by atoms with van der Waals surface area (Å²) >= 11 is 5.97. The maximum atomic E-state index is 12.8. The molecular weight excluding hydrogens is 307 g/mol. The Morgan fingerprint density at radius 3 is 2.45 bits per heavy atom. The summed E-state index contributed by atoms with van der Waals surface area (Å²) in [4.78, 5) is 23.1. The molecule has 0 bridgehead atoms. The van der Waals surface area contributed by atoms with E-state index in [0.29, 0.717) is 17.1 Å². The predicted octanol–water partition coefficient (Wildman–Crippen LogP) is 3.15. The van der Waals surface area contributed by atoms with Crippen LogP contribution in [0.3, 0.4) is 0 Å². The molecule has 2 amide bonds. The van der Waals surface area contributed by atoms with Crippen LogP contribution >= 0.6 is 11.6 Å². The maximum absolute atomic E-state index is 12.8. The minimum Gasteiger partial charge on any atom is -0.366 e. The molecule has 114 valence electrons. The van der Waals surface area contributed by atoms with Crippen LogP contribution in [0.25, 0.3) is 0 Å². The number of benzene rings is 2. The molecule has 3 N–H and O–H groups in total. The van der Waals surface area contributed by atoms with Gasteiger partial charge in [0.25, 0.3) is 0 Å². The van der Waals surface area contributed by atoms with Gasteiger partial charge in [-0.3, -0.25) is 9.59 Å². The van der Waals surface area contributed by atoms with E-state index in [0.717, 1.165) is 5.56 Å². The molecule has 2 aromatic rings. The Balaban J connectivity index is 1.98. The third-order valence-corrected chi connectivity index (χ3v) is 3.41. The van der Waals surface area contributed by atoms with Gasteiger partial charge in [-0.15, -0.1) is 0 Å². The lowest BCUT2D eigenvalue weighted by Gasteiger charge is -2.08. The smallest absolute Gasteiger partial charge is 0.248 e. The van der Waals surface area contributed by atoms with E-state index in [1.54, 1.807) is 12.1 Å². The first-order valence-corrected chi connectivity index (χ1v) is 6.97. The van der Waals surface area contributed by atoms with E-state index >= 15 is 0 Å². The van der Waals surface area contributed by atoms with E-state index in [-0.39, 0.29) is 23.7 Å². The van der Waals surface area contributed by atoms with E-state index in [4.69, 9.17) is 17.3 Å². The average molecular weight is 321 g/mol. The number of hydrogen-bond donors (Lipinski definition) is 2. The number of nitrogens with two attached hydrogens (primary N) is 1. The molecule has 0 saturated heterocycles. The highest BCUT2D eigenvalue weighted by Gasteiger charge is 2.09. The SMILES string of the molecule is NC(=O)c1ccc(Cl)c(NC(=O)CCc2ccc(F)cc2)c1. The van der Waals surface area contributed by atoms with Crippen molar-refractivity contribution in [2.45, 2.75) is 12.8 Å². The zero-order chi connectivity index (χ0) is 16.1. The summed E-state index contributed by atoms with van der Waals surface area (Å²) < 4.78 is 12.8. The highest BCUT2D eigenvalue weighted by molar-refractivity contribution is 6.33. The molecule has 2 rings (SSSR count). The Kier molecular flexibility index (Phi) is 5.12. The maximum Gasteiger partial charge on any atom is 0.248 e. The first kappa shape index (κ1) is 16.0. The van der Waals surface area contributed by atoms with Gasteiger partial charge in [-0.25, -0.2) is 4.39 Å². The minimum atomic E-state index is -0.599. The number of amides is 2. The number of aryl methyl sites for hydroxylation is 1. The molecule has 6 heteroatoms. The number of nitrogens with one attached hydrogen (secondary N) is 1. The third kappa shape index (κ3) is 4.30. The molecule has 0 aliphatic rings. The van der Waals surface area contributed by atoms with Crippen LogP contribution in [0.15, 0.2) is 42.5 Å². The topological polar surface area (TPSA) is 72.2 Å². The van der Waals surface area contributed by atoms with Crippen LogP contribution in [0.5, 0.6) is 0 Å².